The van der Waals surface area contributed by atoms with Gasteiger partial charge in [0.2, 0.25) is 5.91 Å². The molecule has 0 heterocycles. The number of rotatable bonds is 14. The molecule has 0 spiro atoms. The van der Waals surface area contributed by atoms with Crippen LogP contribution in [0.25, 0.3) is 0 Å². The molecular weight excluding hydrogens is 540 g/mol. The van der Waals surface area contributed by atoms with E-state index in [2.05, 4.69) is 70.4 Å². The molecule has 0 unspecified atom stereocenters. The normalized spacial score (nSPS) is 16.3. The van der Waals surface area contributed by atoms with Gasteiger partial charge in [-0.05, 0) is 72.6 Å². The van der Waals surface area contributed by atoms with Crippen LogP contribution >= 0.6 is 0 Å². The average molecular weight is 597 g/mol. The third-order valence-electron chi connectivity index (χ3n) is 9.45. The van der Waals surface area contributed by atoms with Gasteiger partial charge >= 0.3 is 0 Å². The van der Waals surface area contributed by atoms with Gasteiger partial charge in [-0.1, -0.05) is 83.2 Å². The van der Waals surface area contributed by atoms with Gasteiger partial charge in [0.1, 0.15) is 5.75 Å². The SMILES string of the molecule is C[C@H](Cc1cccc(CC(=O)N(C)CCC2CCCCC2)c1)NC[C@@H](O[Si](C)(C)C(C)(C)C)c1ccc(O)c(CO)c1. The van der Waals surface area contributed by atoms with E-state index in [0.29, 0.717) is 18.5 Å². The molecule has 1 saturated carbocycles. The molecular formula is C35H56N2O4Si. The summed E-state index contributed by atoms with van der Waals surface area (Å²) in [6, 6.07) is 14.0. The van der Waals surface area contributed by atoms with Gasteiger partial charge in [0.15, 0.2) is 8.32 Å². The van der Waals surface area contributed by atoms with Crippen LogP contribution in [0.4, 0.5) is 0 Å². The van der Waals surface area contributed by atoms with Crippen molar-refractivity contribution in [1.29, 1.82) is 0 Å². The highest BCUT2D eigenvalue weighted by Crippen LogP contribution is 2.40. The molecule has 0 bridgehead atoms. The molecule has 42 heavy (non-hydrogen) atoms. The predicted molar refractivity (Wildman–Crippen MR) is 175 cm³/mol. The van der Waals surface area contributed by atoms with Gasteiger partial charge < -0.3 is 24.9 Å². The van der Waals surface area contributed by atoms with Crippen LogP contribution in [0.3, 0.4) is 0 Å². The Morgan fingerprint density at radius 3 is 2.45 bits per heavy atom. The van der Waals surface area contributed by atoms with Crippen molar-refractivity contribution in [3.05, 3.63) is 64.7 Å². The number of amides is 1. The standard InChI is InChI=1S/C35H56N2O4Si/c1-26(36-24-33(41-42(6,7)35(2,3)4)30-16-17-32(39)31(23-30)25-38)20-28-14-11-15-29(21-28)22-34(40)37(5)19-18-27-12-9-8-10-13-27/h11,14-17,21,23,26-27,33,36,38-39H,8-10,12-13,18-20,22,24-25H2,1-7H3/t26-,33-/m1/s1. The predicted octanol–water partition coefficient (Wildman–Crippen LogP) is 7.14. The molecule has 1 amide bonds. The van der Waals surface area contributed by atoms with Crippen LogP contribution in [0, 0.1) is 5.92 Å². The number of carbonyl (C=O) groups is 1. The Bertz CT molecular complexity index is 1140. The highest BCUT2D eigenvalue weighted by molar-refractivity contribution is 6.74. The highest BCUT2D eigenvalue weighted by atomic mass is 28.4. The number of aliphatic hydroxyl groups excluding tert-OH is 1. The second kappa shape index (κ2) is 15.5. The molecule has 0 saturated heterocycles. The van der Waals surface area contributed by atoms with E-state index in [0.717, 1.165) is 36.4 Å². The number of benzene rings is 2. The summed E-state index contributed by atoms with van der Waals surface area (Å²) in [5, 5.41) is 23.6. The lowest BCUT2D eigenvalue weighted by atomic mass is 9.87. The Morgan fingerprint density at radius 2 is 1.79 bits per heavy atom. The second-order valence-electron chi connectivity index (χ2n) is 14.0. The van der Waals surface area contributed by atoms with Crippen LogP contribution in [0.1, 0.15) is 94.6 Å². The van der Waals surface area contributed by atoms with Crippen molar-refractivity contribution in [2.45, 2.75) is 116 Å². The van der Waals surface area contributed by atoms with Crippen LogP contribution in [-0.4, -0.2) is 55.5 Å². The summed E-state index contributed by atoms with van der Waals surface area (Å²) in [7, 11) is -0.142. The van der Waals surface area contributed by atoms with E-state index in [1.807, 2.05) is 24.1 Å². The molecule has 0 aliphatic heterocycles. The fourth-order valence-electron chi connectivity index (χ4n) is 5.58. The largest absolute Gasteiger partial charge is 0.508 e. The maximum absolute atomic E-state index is 13.0. The van der Waals surface area contributed by atoms with Gasteiger partial charge in [0.25, 0.3) is 0 Å². The van der Waals surface area contributed by atoms with Crippen molar-refractivity contribution in [2.24, 2.45) is 5.92 Å². The zero-order valence-electron chi connectivity index (χ0n) is 27.2. The Labute approximate surface area is 256 Å². The summed E-state index contributed by atoms with van der Waals surface area (Å²) in [6.07, 6.45) is 8.88. The lowest BCUT2D eigenvalue weighted by Crippen LogP contribution is -2.44. The summed E-state index contributed by atoms with van der Waals surface area (Å²) in [5.74, 6) is 1.07. The molecule has 3 N–H and O–H groups in total. The Hall–Kier alpha value is -2.19. The molecule has 234 valence electrons. The molecule has 2 atom stereocenters. The molecule has 1 aliphatic carbocycles. The van der Waals surface area contributed by atoms with Crippen molar-refractivity contribution in [1.82, 2.24) is 10.2 Å². The molecule has 3 rings (SSSR count). The van der Waals surface area contributed by atoms with Crippen LogP contribution in [0.15, 0.2) is 42.5 Å². The third kappa shape index (κ3) is 10.2. The number of hydrogen-bond donors (Lipinski definition) is 3. The van der Waals surface area contributed by atoms with E-state index >= 15 is 0 Å². The van der Waals surface area contributed by atoms with E-state index in [4.69, 9.17) is 4.43 Å². The van der Waals surface area contributed by atoms with Gasteiger partial charge in [-0.25, -0.2) is 0 Å². The van der Waals surface area contributed by atoms with Crippen molar-refractivity contribution in [2.75, 3.05) is 20.1 Å². The number of nitrogens with zero attached hydrogens (tertiary/aromatic N) is 1. The fourth-order valence-corrected chi connectivity index (χ4v) is 6.86. The average Bonchev–Trinajstić information content (AvgIpc) is 2.94. The van der Waals surface area contributed by atoms with Crippen molar-refractivity contribution >= 4 is 14.2 Å². The molecule has 7 heteroatoms. The minimum atomic E-state index is -2.09. The number of phenols is 1. The number of carbonyl (C=O) groups excluding carboxylic acids is 1. The van der Waals surface area contributed by atoms with E-state index in [1.54, 1.807) is 6.07 Å². The smallest absolute Gasteiger partial charge is 0.226 e. The number of likely N-dealkylation sites (N-methyl/N-ethyl adjacent to an activating group) is 1. The summed E-state index contributed by atoms with van der Waals surface area (Å²) < 4.78 is 6.84. The minimum absolute atomic E-state index is 0.0510. The number of nitrogens with one attached hydrogen (secondary N) is 1. The van der Waals surface area contributed by atoms with Crippen LogP contribution in [-0.2, 0) is 28.7 Å². The summed E-state index contributed by atoms with van der Waals surface area (Å²) >= 11 is 0. The van der Waals surface area contributed by atoms with Gasteiger partial charge in [-0.3, -0.25) is 4.79 Å². The number of hydrogen-bond acceptors (Lipinski definition) is 5. The van der Waals surface area contributed by atoms with E-state index < -0.39 is 8.32 Å². The van der Waals surface area contributed by atoms with E-state index in [1.165, 1.54) is 37.7 Å². The quantitative estimate of drug-likeness (QED) is 0.202. The third-order valence-corrected chi connectivity index (χ3v) is 13.9. The monoisotopic (exact) mass is 596 g/mol. The van der Waals surface area contributed by atoms with Gasteiger partial charge in [0.05, 0.1) is 19.1 Å². The lowest BCUT2D eigenvalue weighted by Gasteiger charge is -2.40. The second-order valence-corrected chi connectivity index (χ2v) is 18.8. The Morgan fingerprint density at radius 1 is 1.10 bits per heavy atom. The summed E-state index contributed by atoms with van der Waals surface area (Å²) in [5.41, 5.74) is 3.73. The first kappa shape index (κ1) is 34.3. The molecule has 1 aliphatic rings. The van der Waals surface area contributed by atoms with E-state index in [9.17, 15) is 15.0 Å². The fraction of sp³-hybridized carbons (Fsp3) is 0.629. The number of aliphatic hydroxyl groups is 1. The minimum Gasteiger partial charge on any atom is -0.508 e. The molecule has 0 aromatic heterocycles. The first-order valence-electron chi connectivity index (χ1n) is 15.9. The van der Waals surface area contributed by atoms with Crippen molar-refractivity contribution in [3.8, 4) is 5.75 Å². The van der Waals surface area contributed by atoms with Gasteiger partial charge in [-0.15, -0.1) is 0 Å². The van der Waals surface area contributed by atoms with Gasteiger partial charge in [0, 0.05) is 31.7 Å². The van der Waals surface area contributed by atoms with Crippen molar-refractivity contribution < 1.29 is 19.4 Å². The Balaban J connectivity index is 1.60. The van der Waals surface area contributed by atoms with Crippen LogP contribution < -0.4 is 5.32 Å². The number of aromatic hydroxyl groups is 1. The molecule has 2 aromatic carbocycles. The summed E-state index contributed by atoms with van der Waals surface area (Å²) in [6.45, 7) is 14.6. The van der Waals surface area contributed by atoms with Crippen LogP contribution in [0.5, 0.6) is 5.75 Å². The maximum atomic E-state index is 13.0. The van der Waals surface area contributed by atoms with Gasteiger partial charge in [-0.2, -0.15) is 0 Å². The molecule has 6 nitrogen and oxygen atoms in total. The zero-order valence-corrected chi connectivity index (χ0v) is 28.2. The van der Waals surface area contributed by atoms with Crippen molar-refractivity contribution in [3.63, 3.8) is 0 Å². The molecule has 1 fully saturated rings. The zero-order chi connectivity index (χ0) is 30.9. The summed E-state index contributed by atoms with van der Waals surface area (Å²) in [4.78, 5) is 14.9. The first-order chi connectivity index (χ1) is 19.8. The van der Waals surface area contributed by atoms with Crippen LogP contribution in [0.2, 0.25) is 18.1 Å². The maximum Gasteiger partial charge on any atom is 0.226 e. The highest BCUT2D eigenvalue weighted by Gasteiger charge is 2.39. The molecule has 0 radical (unpaired) electrons. The Kier molecular flexibility index (Phi) is 12.7. The lowest BCUT2D eigenvalue weighted by molar-refractivity contribution is -0.129. The topological polar surface area (TPSA) is 82.0 Å². The first-order valence-corrected chi connectivity index (χ1v) is 18.9. The van der Waals surface area contributed by atoms with E-state index in [-0.39, 0.29) is 35.4 Å². The molecule has 2 aromatic rings.